The van der Waals surface area contributed by atoms with Gasteiger partial charge in [0.05, 0.1) is 23.5 Å². The van der Waals surface area contributed by atoms with Gasteiger partial charge in [-0.1, -0.05) is 24.2 Å². The van der Waals surface area contributed by atoms with Crippen molar-refractivity contribution in [2.45, 2.75) is 18.5 Å². The highest BCUT2D eigenvalue weighted by molar-refractivity contribution is 5.97. The molecule has 0 bridgehead atoms. The molecule has 1 saturated heterocycles. The number of rotatable bonds is 1. The lowest BCUT2D eigenvalue weighted by Gasteiger charge is -2.46. The van der Waals surface area contributed by atoms with Crippen LogP contribution in [0.5, 0.6) is 11.5 Å². The number of hydrogen-bond acceptors (Lipinski definition) is 4. The van der Waals surface area contributed by atoms with Gasteiger partial charge in [0.15, 0.2) is 11.5 Å². The van der Waals surface area contributed by atoms with E-state index in [-0.39, 0.29) is 49.0 Å². The van der Waals surface area contributed by atoms with Crippen LogP contribution in [0.1, 0.15) is 40.7 Å². The first-order chi connectivity index (χ1) is 19.2. The molecule has 146 valence electrons. The standard InChI is InChI=1S/C22H19N3O4/c1-24-10-19(26)25-16(22(24)27)9-14-13-4-2-3-5-15(13)23-20(14)21(25)12-6-7-17-18(8-12)29-11-28-17/h2-8,16,21,23H,9-11H2,1H3/t16-,21-/m1/s1/i1D3,2D,3D,4D,5D,10D2,11D2,16D,21D. The first-order valence-electron chi connectivity index (χ1n) is 15.0. The van der Waals surface area contributed by atoms with Gasteiger partial charge < -0.3 is 24.3 Å². The van der Waals surface area contributed by atoms with Crippen molar-refractivity contribution >= 4 is 22.7 Å². The molecule has 29 heavy (non-hydrogen) atoms. The molecule has 2 amide bonds. The first kappa shape index (κ1) is 8.10. The number of benzene rings is 2. The molecule has 3 aliphatic rings. The predicted molar refractivity (Wildman–Crippen MR) is 105 cm³/mol. The Balaban J connectivity index is 1.73. The number of nitrogens with zero attached hydrogens (tertiary/aromatic N) is 2. The SMILES string of the molecule is [2H]c1c([2H])c([2H])c2c3c([nH]c2c1[2H])[C@@]([2H])(c1ccc2c(c1)OC([2H])([2H])O2)N1C(=O)C([2H])([2H])N(C([2H])([2H])[2H])C(=O)[C@@]1([2H])C3. The number of aromatic nitrogens is 1. The van der Waals surface area contributed by atoms with E-state index in [0.717, 1.165) is 6.07 Å². The zero-order valence-corrected chi connectivity index (χ0v) is 14.5. The maximum atomic E-state index is 13.9. The minimum absolute atomic E-state index is 0.0956. The Bertz CT molecular complexity index is 1760. The topological polar surface area (TPSA) is 74.9 Å². The third-order valence-corrected chi connectivity index (χ3v) is 5.00. The van der Waals surface area contributed by atoms with Gasteiger partial charge in [-0.25, -0.2) is 0 Å². The third kappa shape index (κ3) is 2.24. The Morgan fingerprint density at radius 2 is 2.14 bits per heavy atom. The van der Waals surface area contributed by atoms with Crippen molar-refractivity contribution in [3.63, 3.8) is 0 Å². The van der Waals surface area contributed by atoms with Crippen molar-refractivity contribution in [3.8, 4) is 11.5 Å². The van der Waals surface area contributed by atoms with Gasteiger partial charge in [-0.15, -0.1) is 0 Å². The number of nitrogens with one attached hydrogen (secondary N) is 1. The lowest BCUT2D eigenvalue weighted by Crippen LogP contribution is -2.62. The highest BCUT2D eigenvalue weighted by atomic mass is 16.7. The molecule has 4 heterocycles. The van der Waals surface area contributed by atoms with Crippen molar-refractivity contribution in [1.29, 1.82) is 0 Å². The lowest BCUT2D eigenvalue weighted by atomic mass is 9.86. The maximum Gasteiger partial charge on any atom is 0.245 e. The van der Waals surface area contributed by atoms with Gasteiger partial charge in [-0.2, -0.15) is 0 Å². The second-order valence-electron chi connectivity index (χ2n) is 6.54. The number of carbonyl (C=O) groups excluding carboxylic acids is 2. The summed E-state index contributed by atoms with van der Waals surface area (Å²) in [6.07, 6.45) is -0.856. The van der Waals surface area contributed by atoms with Crippen LogP contribution in [0, 0.1) is 0 Å². The Kier molecular flexibility index (Phi) is 1.61. The van der Waals surface area contributed by atoms with E-state index >= 15 is 0 Å². The summed E-state index contributed by atoms with van der Waals surface area (Å²) in [7, 11) is 0. The summed E-state index contributed by atoms with van der Waals surface area (Å²) in [5.74, 6) is -3.74. The van der Waals surface area contributed by atoms with Crippen LogP contribution in [0.25, 0.3) is 10.9 Å². The van der Waals surface area contributed by atoms with Crippen molar-refractivity contribution < 1.29 is 36.9 Å². The minimum Gasteiger partial charge on any atom is -0.454 e. The highest BCUT2D eigenvalue weighted by Crippen LogP contribution is 2.44. The molecule has 7 nitrogen and oxygen atoms in total. The molecule has 1 aromatic heterocycles. The number of para-hydroxylation sites is 1. The number of hydrogen-bond donors (Lipinski definition) is 1. The van der Waals surface area contributed by atoms with Gasteiger partial charge >= 0.3 is 0 Å². The molecular weight excluding hydrogens is 370 g/mol. The zero-order valence-electron chi connectivity index (χ0n) is 27.5. The first-order valence-corrected chi connectivity index (χ1v) is 8.51. The Morgan fingerprint density at radius 3 is 3.03 bits per heavy atom. The summed E-state index contributed by atoms with van der Waals surface area (Å²) < 4.78 is 118. The number of amides is 2. The van der Waals surface area contributed by atoms with Gasteiger partial charge in [-0.3, -0.25) is 9.59 Å². The van der Waals surface area contributed by atoms with Crippen molar-refractivity contribution in [2.75, 3.05) is 20.2 Å². The molecule has 0 unspecified atom stereocenters. The Labute approximate surface area is 185 Å². The Hall–Kier alpha value is -3.48. The molecule has 0 saturated carbocycles. The normalized spacial score (nSPS) is 38.3. The molecule has 0 spiro atoms. The number of piperazine rings is 1. The minimum atomic E-state index is -3.56. The second-order valence-corrected chi connectivity index (χ2v) is 6.54. The average molecular weight is 402 g/mol. The molecule has 0 aliphatic carbocycles. The molecule has 3 aliphatic heterocycles. The molecule has 3 aromatic rings. The fraction of sp³-hybridized carbons (Fsp3) is 0.273. The number of carbonyl (C=O) groups is 2. The molecule has 2 aromatic carbocycles. The molecule has 0 radical (unpaired) electrons. The number of H-pyrrole nitrogens is 1. The highest BCUT2D eigenvalue weighted by Gasteiger charge is 2.47. The van der Waals surface area contributed by atoms with Gasteiger partial charge in [0, 0.05) is 34.1 Å². The quantitative estimate of drug-likeness (QED) is 0.677. The van der Waals surface area contributed by atoms with E-state index in [4.69, 9.17) is 24.6 Å². The van der Waals surface area contributed by atoms with E-state index in [1.165, 1.54) is 12.1 Å². The average Bonchev–Trinajstić information content (AvgIpc) is 3.40. The summed E-state index contributed by atoms with van der Waals surface area (Å²) in [6, 6.07) is -4.76. The van der Waals surface area contributed by atoms with Crippen molar-refractivity contribution in [1.82, 2.24) is 14.8 Å². The van der Waals surface area contributed by atoms with Crippen LogP contribution in [0.4, 0.5) is 0 Å². The van der Waals surface area contributed by atoms with Gasteiger partial charge in [0.1, 0.15) is 8.76 Å². The Morgan fingerprint density at radius 1 is 1.28 bits per heavy atom. The van der Waals surface area contributed by atoms with Crippen LogP contribution in [0.15, 0.2) is 42.4 Å². The van der Waals surface area contributed by atoms with Crippen molar-refractivity contribution in [2.24, 2.45) is 0 Å². The van der Waals surface area contributed by atoms with E-state index in [2.05, 4.69) is 4.98 Å². The lowest BCUT2D eigenvalue weighted by molar-refractivity contribution is -0.157. The second kappa shape index (κ2) is 5.76. The van der Waals surface area contributed by atoms with Crippen LogP contribution in [0.2, 0.25) is 0 Å². The summed E-state index contributed by atoms with van der Waals surface area (Å²) in [5.41, 5.74) is -0.978. The zero-order chi connectivity index (χ0) is 31.1. The van der Waals surface area contributed by atoms with E-state index in [9.17, 15) is 12.3 Å². The predicted octanol–water partition coefficient (Wildman–Crippen LogP) is 2.21. The monoisotopic (exact) mass is 402 g/mol. The third-order valence-electron chi connectivity index (χ3n) is 5.00. The fourth-order valence-corrected chi connectivity index (χ4v) is 3.75. The summed E-state index contributed by atoms with van der Waals surface area (Å²) in [6.45, 7) is -9.67. The van der Waals surface area contributed by atoms with E-state index in [1.807, 2.05) is 0 Å². The molecule has 6 rings (SSSR count). The van der Waals surface area contributed by atoms with Crippen LogP contribution in [-0.2, 0) is 16.0 Å². The summed E-state index contributed by atoms with van der Waals surface area (Å²) >= 11 is 0. The van der Waals surface area contributed by atoms with Crippen LogP contribution in [-0.4, -0.2) is 52.8 Å². The van der Waals surface area contributed by atoms with Gasteiger partial charge in [-0.05, 0) is 29.3 Å². The molecule has 1 N–H and O–H groups in total. The number of fused-ring (bicyclic) bond motifs is 5. The van der Waals surface area contributed by atoms with Gasteiger partial charge in [0.2, 0.25) is 18.6 Å². The van der Waals surface area contributed by atoms with E-state index in [0.29, 0.717) is 0 Å². The molecule has 1 fully saturated rings. The number of ether oxygens (including phenoxy) is 2. The van der Waals surface area contributed by atoms with Crippen LogP contribution in [0.3, 0.4) is 0 Å². The van der Waals surface area contributed by atoms with Crippen molar-refractivity contribution in [3.05, 3.63) is 59.2 Å². The van der Waals surface area contributed by atoms with Crippen LogP contribution >= 0.6 is 0 Å². The van der Waals surface area contributed by atoms with Crippen LogP contribution < -0.4 is 9.47 Å². The summed E-state index contributed by atoms with van der Waals surface area (Å²) in [5, 5.41) is -0.203. The molecule has 2 atom stereocenters. The maximum absolute atomic E-state index is 13.9. The number of likely N-dealkylation sites (N-methyl/N-ethyl adjacent to an activating group) is 1. The fourth-order valence-electron chi connectivity index (χ4n) is 3.75. The molecular formula is C22H19N3O4. The van der Waals surface area contributed by atoms with E-state index < -0.39 is 74.7 Å². The van der Waals surface area contributed by atoms with E-state index in [1.54, 1.807) is 0 Å². The number of aromatic amines is 1. The molecule has 7 heteroatoms. The largest absolute Gasteiger partial charge is 0.454 e. The smallest absolute Gasteiger partial charge is 0.245 e. The summed E-state index contributed by atoms with van der Waals surface area (Å²) in [4.78, 5) is 30.4. The van der Waals surface area contributed by atoms with Gasteiger partial charge in [0.25, 0.3) is 0 Å².